The van der Waals surface area contributed by atoms with Gasteiger partial charge in [-0.25, -0.2) is 4.79 Å². The first-order valence-electron chi connectivity index (χ1n) is 3.32. The minimum Gasteiger partial charge on any atom is -1.00 e. The minimum absolute atomic E-state index is 0. The number of hydrogen-bond donors (Lipinski definition) is 5. The van der Waals surface area contributed by atoms with Gasteiger partial charge in [0.25, 0.3) is 0 Å². The normalized spacial score (nSPS) is 18.6. The molecule has 0 aliphatic rings. The summed E-state index contributed by atoms with van der Waals surface area (Å²) in [6.07, 6.45) is -8.39. The molecular formula is C6H12CaO7. The molecule has 7 nitrogen and oxygen atoms in total. The van der Waals surface area contributed by atoms with E-state index in [1.165, 1.54) is 0 Å². The molecule has 8 heteroatoms. The summed E-state index contributed by atoms with van der Waals surface area (Å²) in [6, 6.07) is 0. The molecule has 0 bridgehead atoms. The van der Waals surface area contributed by atoms with Crippen LogP contribution >= 0.6 is 0 Å². The molecule has 0 spiro atoms. The first-order chi connectivity index (χ1) is 5.91. The zero-order chi connectivity index (χ0) is 10.6. The molecule has 0 aromatic rings. The molecule has 0 aromatic heterocycles. The average molecular weight is 236 g/mol. The van der Waals surface area contributed by atoms with Crippen LogP contribution in [0.15, 0.2) is 0 Å². The fourth-order valence-electron chi connectivity index (χ4n) is 0.615. The van der Waals surface area contributed by atoms with Crippen LogP contribution in [0, 0.1) is 0 Å². The number of carboxylic acids is 1. The number of rotatable bonds is 5. The first-order valence-corrected chi connectivity index (χ1v) is 3.32. The Kier molecular flexibility index (Phi) is 8.95. The third-order valence-corrected chi connectivity index (χ3v) is 1.42. The number of carbonyl (C=O) groups is 2. The molecule has 0 heterocycles. The van der Waals surface area contributed by atoms with Gasteiger partial charge in [-0.3, -0.25) is 0 Å². The summed E-state index contributed by atoms with van der Waals surface area (Å²) >= 11 is 0. The Morgan fingerprint density at radius 1 is 1.14 bits per heavy atom. The van der Waals surface area contributed by atoms with Crippen LogP contribution in [0.4, 0.5) is 0 Å². The Bertz CT molecular complexity index is 205. The maximum Gasteiger partial charge on any atom is 2.00 e. The van der Waals surface area contributed by atoms with Gasteiger partial charge >= 0.3 is 43.7 Å². The van der Waals surface area contributed by atoms with Gasteiger partial charge in [0.1, 0.15) is 18.3 Å². The van der Waals surface area contributed by atoms with E-state index in [1.807, 2.05) is 0 Å². The molecule has 4 atom stereocenters. The number of aliphatic carboxylic acids is 1. The molecule has 0 fully saturated rings. The summed E-state index contributed by atoms with van der Waals surface area (Å²) in [5.74, 6) is -1.76. The van der Waals surface area contributed by atoms with E-state index in [9.17, 15) is 9.59 Å². The molecule has 0 aromatic carbocycles. The fourth-order valence-corrected chi connectivity index (χ4v) is 0.615. The van der Waals surface area contributed by atoms with Crippen molar-refractivity contribution in [1.82, 2.24) is 0 Å². The smallest absolute Gasteiger partial charge is 1.00 e. The number of aldehydes is 1. The van der Waals surface area contributed by atoms with Crippen molar-refractivity contribution in [3.05, 3.63) is 0 Å². The topological polar surface area (TPSA) is 135 Å². The summed E-state index contributed by atoms with van der Waals surface area (Å²) in [7, 11) is 0. The van der Waals surface area contributed by atoms with Crippen LogP contribution in [0.25, 0.3) is 0 Å². The second-order valence-corrected chi connectivity index (χ2v) is 2.39. The monoisotopic (exact) mass is 236 g/mol. The summed E-state index contributed by atoms with van der Waals surface area (Å²) < 4.78 is 0. The van der Waals surface area contributed by atoms with Crippen molar-refractivity contribution in [3.63, 3.8) is 0 Å². The third-order valence-electron chi connectivity index (χ3n) is 1.42. The summed E-state index contributed by atoms with van der Waals surface area (Å²) in [5, 5.41) is 43.2. The fraction of sp³-hybridized carbons (Fsp3) is 0.667. The van der Waals surface area contributed by atoms with Crippen LogP contribution in [-0.2, 0) is 9.59 Å². The molecule has 0 radical (unpaired) electrons. The van der Waals surface area contributed by atoms with E-state index in [0.29, 0.717) is 0 Å². The van der Waals surface area contributed by atoms with E-state index in [-0.39, 0.29) is 46.9 Å². The van der Waals surface area contributed by atoms with Crippen molar-refractivity contribution in [2.75, 3.05) is 0 Å². The molecule has 14 heavy (non-hydrogen) atoms. The van der Waals surface area contributed by atoms with Crippen LogP contribution in [0.5, 0.6) is 0 Å². The molecule has 0 unspecified atom stereocenters. The molecule has 80 valence electrons. The number of aliphatic hydroxyl groups is 4. The third kappa shape index (κ3) is 4.65. The zero-order valence-corrected chi connectivity index (χ0v) is 9.35. The van der Waals surface area contributed by atoms with E-state index in [2.05, 4.69) is 0 Å². The van der Waals surface area contributed by atoms with Crippen LogP contribution in [0.1, 0.15) is 2.85 Å². The van der Waals surface area contributed by atoms with Crippen molar-refractivity contribution in [3.8, 4) is 0 Å². The van der Waals surface area contributed by atoms with Gasteiger partial charge in [-0.2, -0.15) is 0 Å². The van der Waals surface area contributed by atoms with Gasteiger partial charge in [0.15, 0.2) is 12.4 Å². The van der Waals surface area contributed by atoms with E-state index in [4.69, 9.17) is 25.5 Å². The number of aliphatic hydroxyl groups excluding tert-OH is 4. The van der Waals surface area contributed by atoms with Crippen LogP contribution < -0.4 is 0 Å². The second kappa shape index (κ2) is 7.52. The van der Waals surface area contributed by atoms with Crippen LogP contribution in [0.3, 0.4) is 0 Å². The first kappa shape index (κ1) is 16.7. The molecule has 0 saturated carbocycles. The zero-order valence-electron chi connectivity index (χ0n) is 9.15. The van der Waals surface area contributed by atoms with Crippen LogP contribution in [0.2, 0.25) is 0 Å². The summed E-state index contributed by atoms with van der Waals surface area (Å²) in [5.41, 5.74) is 0. The van der Waals surface area contributed by atoms with Crippen molar-refractivity contribution in [1.29, 1.82) is 0 Å². The van der Waals surface area contributed by atoms with Gasteiger partial charge in [0.2, 0.25) is 0 Å². The van der Waals surface area contributed by atoms with Crippen LogP contribution in [-0.4, -0.2) is 99.9 Å². The van der Waals surface area contributed by atoms with E-state index in [1.54, 1.807) is 0 Å². The molecule has 0 rings (SSSR count). The molecule has 0 aliphatic carbocycles. The van der Waals surface area contributed by atoms with Crippen molar-refractivity contribution in [2.45, 2.75) is 24.4 Å². The van der Waals surface area contributed by atoms with Gasteiger partial charge in [-0.1, -0.05) is 0 Å². The average Bonchev–Trinajstić information content (AvgIpc) is 2.12. The standard InChI is InChI=1S/C6H10O7.Ca.2H/c7-1-2(8)3(9)4(10)5(11)6(12)13;;;/h1-5,8-11H,(H,12,13);;;/q;+2;2*-1/t2-,3+,4-,5-;;;/m0.../s1. The Labute approximate surface area is 112 Å². The molecule has 0 aliphatic heterocycles. The largest absolute Gasteiger partial charge is 2.00 e. The number of carboxylic acid groups (broad SMARTS) is 1. The number of hydrogen-bond acceptors (Lipinski definition) is 6. The van der Waals surface area contributed by atoms with Crippen molar-refractivity contribution < 1.29 is 38.0 Å². The van der Waals surface area contributed by atoms with Gasteiger partial charge in [0.05, 0.1) is 0 Å². The van der Waals surface area contributed by atoms with E-state index < -0.39 is 30.4 Å². The van der Waals surface area contributed by atoms with Gasteiger partial charge in [-0.05, 0) is 0 Å². The molecular weight excluding hydrogens is 224 g/mol. The van der Waals surface area contributed by atoms with Gasteiger partial charge < -0.3 is 33.2 Å². The van der Waals surface area contributed by atoms with E-state index in [0.717, 1.165) is 0 Å². The maximum absolute atomic E-state index is 10.1. The summed E-state index contributed by atoms with van der Waals surface area (Å²) in [6.45, 7) is 0. The predicted octanol–water partition coefficient (Wildman–Crippen LogP) is -3.44. The Balaban J connectivity index is -0.000000240. The Morgan fingerprint density at radius 2 is 1.57 bits per heavy atom. The summed E-state index contributed by atoms with van der Waals surface area (Å²) in [4.78, 5) is 20.0. The predicted molar refractivity (Wildman–Crippen MR) is 45.7 cm³/mol. The van der Waals surface area contributed by atoms with Gasteiger partial charge in [-0.15, -0.1) is 0 Å². The minimum atomic E-state index is -2.25. The Hall–Kier alpha value is 0.240. The Morgan fingerprint density at radius 3 is 1.86 bits per heavy atom. The van der Waals surface area contributed by atoms with E-state index >= 15 is 0 Å². The van der Waals surface area contributed by atoms with Crippen molar-refractivity contribution in [2.24, 2.45) is 0 Å². The molecule has 0 amide bonds. The number of carbonyl (C=O) groups excluding carboxylic acids is 1. The SMILES string of the molecule is O=C[C@H](O)[C@@H](O)[C@H](O)[C@H](O)C(=O)O.[Ca+2].[H-].[H-]. The molecule has 5 N–H and O–H groups in total. The van der Waals surface area contributed by atoms with Crippen molar-refractivity contribution >= 4 is 50.0 Å². The van der Waals surface area contributed by atoms with Gasteiger partial charge in [0, 0.05) is 0 Å². The maximum atomic E-state index is 10.1. The second-order valence-electron chi connectivity index (χ2n) is 2.39. The quantitative estimate of drug-likeness (QED) is 0.247. The molecule has 0 saturated heterocycles.